The largest absolute Gasteiger partial charge is 0.457 e. The first-order chi connectivity index (χ1) is 11.3. The lowest BCUT2D eigenvalue weighted by molar-refractivity contribution is -0.0179. The van der Waals surface area contributed by atoms with Gasteiger partial charge in [-0.05, 0) is 28.9 Å². The molecule has 128 valence electrons. The molecular formula is C14H13BrFN3O5. The number of likely N-dealkylation sites (tertiary alicyclic amines) is 1. The van der Waals surface area contributed by atoms with Crippen molar-refractivity contribution in [3.8, 4) is 0 Å². The molecule has 0 unspecified atom stereocenters. The molecular weight excluding hydrogens is 389 g/mol. The monoisotopic (exact) mass is 401 g/mol. The SMILES string of the molecule is Cc1o[nH]c(=O)c1C(=O)N1CC(F)(CNC(=O)c2ccoc2Br)C1. The van der Waals surface area contributed by atoms with Crippen molar-refractivity contribution in [2.45, 2.75) is 12.6 Å². The highest BCUT2D eigenvalue weighted by molar-refractivity contribution is 9.10. The van der Waals surface area contributed by atoms with Gasteiger partial charge in [-0.3, -0.25) is 14.4 Å². The van der Waals surface area contributed by atoms with Crippen LogP contribution in [0.3, 0.4) is 0 Å². The van der Waals surface area contributed by atoms with Crippen molar-refractivity contribution in [1.82, 2.24) is 15.4 Å². The van der Waals surface area contributed by atoms with Gasteiger partial charge in [0.05, 0.1) is 31.5 Å². The molecule has 2 N–H and O–H groups in total. The molecule has 8 nitrogen and oxygen atoms in total. The van der Waals surface area contributed by atoms with Gasteiger partial charge in [-0.25, -0.2) is 4.39 Å². The maximum absolute atomic E-state index is 14.5. The number of alkyl halides is 1. The fourth-order valence-electron chi connectivity index (χ4n) is 2.47. The van der Waals surface area contributed by atoms with Gasteiger partial charge in [0.1, 0.15) is 11.3 Å². The van der Waals surface area contributed by atoms with Gasteiger partial charge >= 0.3 is 0 Å². The standard InChI is InChI=1S/C14H13BrFN3O5/c1-7-9(12(21)18-24-7)13(22)19-5-14(16,6-19)4-17-11(20)8-2-3-23-10(8)15/h2-3H,4-6H2,1H3,(H,17,20)(H,18,21). The van der Waals surface area contributed by atoms with E-state index in [-0.39, 0.29) is 41.2 Å². The quantitative estimate of drug-likeness (QED) is 0.800. The number of nitrogens with zero attached hydrogens (tertiary/aromatic N) is 1. The molecule has 2 aromatic heterocycles. The Hall–Kier alpha value is -2.36. The average molecular weight is 402 g/mol. The van der Waals surface area contributed by atoms with Crippen LogP contribution in [0.5, 0.6) is 0 Å². The van der Waals surface area contributed by atoms with Gasteiger partial charge in [0.15, 0.2) is 10.3 Å². The van der Waals surface area contributed by atoms with Gasteiger partial charge in [0.25, 0.3) is 17.4 Å². The van der Waals surface area contributed by atoms with Crippen LogP contribution in [0.4, 0.5) is 4.39 Å². The molecule has 0 aromatic carbocycles. The van der Waals surface area contributed by atoms with E-state index < -0.39 is 23.0 Å². The lowest BCUT2D eigenvalue weighted by Gasteiger charge is -2.44. The number of amides is 2. The third-order valence-corrected chi connectivity index (χ3v) is 4.37. The Kier molecular flexibility index (Phi) is 4.08. The summed E-state index contributed by atoms with van der Waals surface area (Å²) >= 11 is 3.07. The van der Waals surface area contributed by atoms with E-state index in [0.29, 0.717) is 0 Å². The molecule has 1 fully saturated rings. The number of H-pyrrole nitrogens is 1. The van der Waals surface area contributed by atoms with E-state index in [4.69, 9.17) is 8.94 Å². The second kappa shape index (κ2) is 5.93. The van der Waals surface area contributed by atoms with Gasteiger partial charge in [-0.15, -0.1) is 0 Å². The number of aromatic nitrogens is 1. The van der Waals surface area contributed by atoms with Crippen molar-refractivity contribution in [3.63, 3.8) is 0 Å². The first-order valence-corrected chi connectivity index (χ1v) is 7.77. The highest BCUT2D eigenvalue weighted by atomic mass is 79.9. The summed E-state index contributed by atoms with van der Waals surface area (Å²) in [7, 11) is 0. The van der Waals surface area contributed by atoms with E-state index in [2.05, 4.69) is 26.4 Å². The Morgan fingerprint density at radius 1 is 1.50 bits per heavy atom. The molecule has 0 spiro atoms. The van der Waals surface area contributed by atoms with Crippen molar-refractivity contribution >= 4 is 27.7 Å². The van der Waals surface area contributed by atoms with E-state index in [9.17, 15) is 18.8 Å². The summed E-state index contributed by atoms with van der Waals surface area (Å²) in [5, 5.41) is 4.52. The molecule has 24 heavy (non-hydrogen) atoms. The van der Waals surface area contributed by atoms with Gasteiger partial charge in [0, 0.05) is 0 Å². The summed E-state index contributed by atoms with van der Waals surface area (Å²) in [4.78, 5) is 36.8. The normalized spacial score (nSPS) is 15.9. The molecule has 1 aliphatic rings. The van der Waals surface area contributed by atoms with Crippen molar-refractivity contribution in [2.24, 2.45) is 0 Å². The molecule has 2 aromatic rings. The maximum Gasteiger partial charge on any atom is 0.293 e. The molecule has 1 saturated heterocycles. The van der Waals surface area contributed by atoms with E-state index in [1.165, 1.54) is 24.2 Å². The number of carbonyl (C=O) groups excluding carboxylic acids is 2. The molecule has 3 rings (SSSR count). The average Bonchev–Trinajstić information content (AvgIpc) is 3.07. The van der Waals surface area contributed by atoms with Crippen LogP contribution in [0.2, 0.25) is 0 Å². The topological polar surface area (TPSA) is 109 Å². The van der Waals surface area contributed by atoms with Crippen molar-refractivity contribution < 1.29 is 22.9 Å². The van der Waals surface area contributed by atoms with Gasteiger partial charge in [-0.2, -0.15) is 5.16 Å². The molecule has 0 radical (unpaired) electrons. The Bertz CT molecular complexity index is 849. The number of hydrogen-bond acceptors (Lipinski definition) is 5. The second-order valence-electron chi connectivity index (χ2n) is 5.57. The van der Waals surface area contributed by atoms with Gasteiger partial charge in [-0.1, -0.05) is 0 Å². The van der Waals surface area contributed by atoms with Crippen molar-refractivity contribution in [3.05, 3.63) is 44.2 Å². The van der Waals surface area contributed by atoms with Crippen molar-refractivity contribution in [2.75, 3.05) is 19.6 Å². The molecule has 3 heterocycles. The predicted molar refractivity (Wildman–Crippen MR) is 82.5 cm³/mol. The lowest BCUT2D eigenvalue weighted by atomic mass is 9.95. The minimum atomic E-state index is -1.74. The summed E-state index contributed by atoms with van der Waals surface area (Å²) in [6.45, 7) is 0.774. The second-order valence-corrected chi connectivity index (χ2v) is 6.29. The first-order valence-electron chi connectivity index (χ1n) is 6.98. The van der Waals surface area contributed by atoms with Crippen molar-refractivity contribution in [1.29, 1.82) is 0 Å². The van der Waals surface area contributed by atoms with E-state index in [0.717, 1.165) is 0 Å². The first kappa shape index (κ1) is 16.5. The fraction of sp³-hybridized carbons (Fsp3) is 0.357. The van der Waals surface area contributed by atoms with Crippen LogP contribution in [0, 0.1) is 6.92 Å². The van der Waals surface area contributed by atoms with Crippen LogP contribution in [0.15, 0.2) is 30.7 Å². The zero-order chi connectivity index (χ0) is 17.5. The molecule has 0 bridgehead atoms. The molecule has 10 heteroatoms. The Morgan fingerprint density at radius 3 is 2.75 bits per heavy atom. The van der Waals surface area contributed by atoms with Gasteiger partial charge < -0.3 is 19.2 Å². The number of halogens is 2. The van der Waals surface area contributed by atoms with Crippen LogP contribution in [0.25, 0.3) is 0 Å². The third kappa shape index (κ3) is 2.88. The smallest absolute Gasteiger partial charge is 0.293 e. The summed E-state index contributed by atoms with van der Waals surface area (Å²) in [5.41, 5.74) is -2.27. The summed E-state index contributed by atoms with van der Waals surface area (Å²) in [6, 6.07) is 1.45. The highest BCUT2D eigenvalue weighted by Crippen LogP contribution is 2.27. The number of hydrogen-bond donors (Lipinski definition) is 2. The number of furan rings is 1. The Morgan fingerprint density at radius 2 is 2.21 bits per heavy atom. The van der Waals surface area contributed by atoms with Crippen LogP contribution < -0.4 is 10.9 Å². The summed E-state index contributed by atoms with van der Waals surface area (Å²) < 4.78 is 24.5. The van der Waals surface area contributed by atoms with E-state index in [1.807, 2.05) is 0 Å². The molecule has 1 aliphatic heterocycles. The number of carbonyl (C=O) groups is 2. The number of aryl methyl sites for hydroxylation is 1. The number of rotatable bonds is 4. The van der Waals surface area contributed by atoms with Crippen LogP contribution in [-0.4, -0.2) is 47.2 Å². The minimum absolute atomic E-state index is 0.136. The van der Waals surface area contributed by atoms with E-state index in [1.54, 1.807) is 0 Å². The highest BCUT2D eigenvalue weighted by Gasteiger charge is 2.47. The summed E-state index contributed by atoms with van der Waals surface area (Å²) in [6.07, 6.45) is 1.33. The van der Waals surface area contributed by atoms with Crippen LogP contribution in [-0.2, 0) is 0 Å². The third-order valence-electron chi connectivity index (χ3n) is 3.75. The zero-order valence-corrected chi connectivity index (χ0v) is 14.1. The molecule has 0 aliphatic carbocycles. The zero-order valence-electron chi connectivity index (χ0n) is 12.5. The Balaban J connectivity index is 1.57. The molecule has 0 atom stereocenters. The van der Waals surface area contributed by atoms with Crippen LogP contribution >= 0.6 is 15.9 Å². The molecule has 2 amide bonds. The Labute approximate surface area is 143 Å². The van der Waals surface area contributed by atoms with E-state index >= 15 is 0 Å². The fourth-order valence-corrected chi connectivity index (χ4v) is 2.89. The maximum atomic E-state index is 14.5. The van der Waals surface area contributed by atoms with Crippen LogP contribution in [0.1, 0.15) is 26.5 Å². The predicted octanol–water partition coefficient (Wildman–Crippen LogP) is 1.23. The summed E-state index contributed by atoms with van der Waals surface area (Å²) in [5.74, 6) is -0.932. The molecule has 0 saturated carbocycles. The lowest BCUT2D eigenvalue weighted by Crippen LogP contribution is -2.65. The minimum Gasteiger partial charge on any atom is -0.457 e. The number of nitrogens with one attached hydrogen (secondary N) is 2. The van der Waals surface area contributed by atoms with Gasteiger partial charge in [0.2, 0.25) is 0 Å². The number of aromatic amines is 1.